The van der Waals surface area contributed by atoms with Crippen LogP contribution in [-0.2, 0) is 23.9 Å². The summed E-state index contributed by atoms with van der Waals surface area (Å²) >= 11 is 3.37. The molecule has 0 spiro atoms. The van der Waals surface area contributed by atoms with Gasteiger partial charge in [0, 0.05) is 17.0 Å². The standard InChI is InChI=1S/C27H38BrN3O5/c1-9-36-26(35)17(4)14-21(16(2)3)30-25(34)23(27(6,7)8)31-24(33)22(29-18(5)32)15-19-10-12-20(28)13-11-19/h10-16,21,23H,9H2,1-8H3,(H,29,32)(H,30,34)(H,31,33)/b17-14+,22-15-/t21-,23-/m1/s1. The molecule has 3 N–H and O–H groups in total. The monoisotopic (exact) mass is 563 g/mol. The summed E-state index contributed by atoms with van der Waals surface area (Å²) in [6, 6.07) is 5.83. The highest BCUT2D eigenvalue weighted by molar-refractivity contribution is 9.10. The maximum atomic E-state index is 13.4. The van der Waals surface area contributed by atoms with Crippen LogP contribution in [0.4, 0.5) is 0 Å². The number of nitrogens with one attached hydrogen (secondary N) is 3. The second-order valence-corrected chi connectivity index (χ2v) is 10.8. The van der Waals surface area contributed by atoms with Crippen LogP contribution in [0.25, 0.3) is 6.08 Å². The van der Waals surface area contributed by atoms with E-state index in [4.69, 9.17) is 4.74 Å². The lowest BCUT2D eigenvalue weighted by molar-refractivity contribution is -0.138. The number of ether oxygens (including phenoxy) is 1. The lowest BCUT2D eigenvalue weighted by Crippen LogP contribution is -2.56. The van der Waals surface area contributed by atoms with Crippen molar-refractivity contribution in [3.8, 4) is 0 Å². The minimum absolute atomic E-state index is 0.0188. The molecule has 9 heteroatoms. The molecular weight excluding hydrogens is 526 g/mol. The number of rotatable bonds is 10. The largest absolute Gasteiger partial charge is 0.463 e. The molecule has 2 atom stereocenters. The third-order valence-corrected chi connectivity index (χ3v) is 5.72. The first kappa shape index (κ1) is 31.1. The van der Waals surface area contributed by atoms with Gasteiger partial charge in [-0.2, -0.15) is 0 Å². The molecule has 0 saturated carbocycles. The van der Waals surface area contributed by atoms with Crippen molar-refractivity contribution in [2.45, 2.75) is 67.5 Å². The van der Waals surface area contributed by atoms with E-state index in [1.165, 1.54) is 6.92 Å². The molecule has 0 unspecified atom stereocenters. The van der Waals surface area contributed by atoms with Crippen molar-refractivity contribution in [3.05, 3.63) is 51.6 Å². The minimum Gasteiger partial charge on any atom is -0.463 e. The van der Waals surface area contributed by atoms with E-state index < -0.39 is 41.2 Å². The lowest BCUT2D eigenvalue weighted by atomic mass is 9.85. The van der Waals surface area contributed by atoms with Gasteiger partial charge in [-0.15, -0.1) is 0 Å². The van der Waals surface area contributed by atoms with E-state index in [0.29, 0.717) is 11.1 Å². The van der Waals surface area contributed by atoms with Gasteiger partial charge in [0.1, 0.15) is 11.7 Å². The van der Waals surface area contributed by atoms with Crippen LogP contribution < -0.4 is 16.0 Å². The van der Waals surface area contributed by atoms with E-state index in [1.54, 1.807) is 38.1 Å². The highest BCUT2D eigenvalue weighted by Gasteiger charge is 2.35. The Kier molecular flexibility index (Phi) is 12.1. The first-order chi connectivity index (χ1) is 16.6. The fourth-order valence-corrected chi connectivity index (χ4v) is 3.45. The van der Waals surface area contributed by atoms with Crippen molar-refractivity contribution >= 4 is 45.7 Å². The van der Waals surface area contributed by atoms with Gasteiger partial charge in [0.15, 0.2) is 0 Å². The minimum atomic E-state index is -0.926. The summed E-state index contributed by atoms with van der Waals surface area (Å²) < 4.78 is 5.91. The van der Waals surface area contributed by atoms with Gasteiger partial charge in [-0.3, -0.25) is 14.4 Å². The molecule has 36 heavy (non-hydrogen) atoms. The zero-order valence-corrected chi connectivity index (χ0v) is 23.9. The Morgan fingerprint density at radius 3 is 2.08 bits per heavy atom. The second-order valence-electron chi connectivity index (χ2n) is 9.91. The molecule has 0 aliphatic rings. The first-order valence-corrected chi connectivity index (χ1v) is 12.7. The summed E-state index contributed by atoms with van der Waals surface area (Å²) in [5.74, 6) is -1.89. The van der Waals surface area contributed by atoms with Crippen LogP contribution in [0, 0.1) is 11.3 Å². The van der Waals surface area contributed by atoms with Crippen molar-refractivity contribution < 1.29 is 23.9 Å². The van der Waals surface area contributed by atoms with Crippen LogP contribution in [0.1, 0.15) is 61.0 Å². The van der Waals surface area contributed by atoms with Crippen LogP contribution in [0.15, 0.2) is 46.1 Å². The summed E-state index contributed by atoms with van der Waals surface area (Å²) in [7, 11) is 0. The van der Waals surface area contributed by atoms with Crippen LogP contribution in [0.2, 0.25) is 0 Å². The molecule has 0 aliphatic heterocycles. The van der Waals surface area contributed by atoms with Gasteiger partial charge in [-0.1, -0.05) is 68.8 Å². The molecule has 0 aromatic heterocycles. The lowest BCUT2D eigenvalue weighted by Gasteiger charge is -2.32. The number of benzene rings is 1. The summed E-state index contributed by atoms with van der Waals surface area (Å²) in [5.41, 5.74) is 0.455. The van der Waals surface area contributed by atoms with Crippen LogP contribution in [0.3, 0.4) is 0 Å². The maximum Gasteiger partial charge on any atom is 0.333 e. The zero-order chi connectivity index (χ0) is 27.6. The number of esters is 1. The highest BCUT2D eigenvalue weighted by atomic mass is 79.9. The Balaban J connectivity index is 3.22. The SMILES string of the molecule is CCOC(=O)/C(C)=C/[C@@H](NC(=O)[C@@H](NC(=O)/C(=C/c1ccc(Br)cc1)NC(C)=O)C(C)(C)C)C(C)C. The fourth-order valence-electron chi connectivity index (χ4n) is 3.19. The smallest absolute Gasteiger partial charge is 0.333 e. The highest BCUT2D eigenvalue weighted by Crippen LogP contribution is 2.21. The summed E-state index contributed by atoms with van der Waals surface area (Å²) in [6.07, 6.45) is 3.21. The normalized spacial score (nSPS) is 14.1. The summed E-state index contributed by atoms with van der Waals surface area (Å²) in [6.45, 7) is 14.3. The Hall–Kier alpha value is -2.94. The number of halogens is 1. The average Bonchev–Trinajstić information content (AvgIpc) is 2.76. The summed E-state index contributed by atoms with van der Waals surface area (Å²) in [4.78, 5) is 50.4. The molecule has 0 radical (unpaired) electrons. The van der Waals surface area contributed by atoms with Gasteiger partial charge in [-0.05, 0) is 49.0 Å². The van der Waals surface area contributed by atoms with Crippen LogP contribution >= 0.6 is 15.9 Å². The van der Waals surface area contributed by atoms with Crippen molar-refractivity contribution in [2.75, 3.05) is 6.61 Å². The quantitative estimate of drug-likeness (QED) is 0.293. The van der Waals surface area contributed by atoms with Gasteiger partial charge in [0.2, 0.25) is 11.8 Å². The predicted molar refractivity (Wildman–Crippen MR) is 144 cm³/mol. The van der Waals surface area contributed by atoms with Crippen LogP contribution in [-0.4, -0.2) is 42.4 Å². The van der Waals surface area contributed by atoms with Crippen LogP contribution in [0.5, 0.6) is 0 Å². The number of amides is 3. The van der Waals surface area contributed by atoms with Crippen molar-refractivity contribution in [1.82, 2.24) is 16.0 Å². The first-order valence-electron chi connectivity index (χ1n) is 11.9. The van der Waals surface area contributed by atoms with E-state index in [1.807, 2.05) is 46.8 Å². The third-order valence-electron chi connectivity index (χ3n) is 5.19. The number of carbonyl (C=O) groups excluding carboxylic acids is 4. The van der Waals surface area contributed by atoms with E-state index in [0.717, 1.165) is 4.47 Å². The maximum absolute atomic E-state index is 13.4. The summed E-state index contributed by atoms with van der Waals surface area (Å²) in [5, 5.41) is 8.27. The number of hydrogen-bond donors (Lipinski definition) is 3. The molecule has 1 rings (SSSR count). The molecule has 0 fully saturated rings. The molecule has 1 aromatic rings. The molecule has 0 heterocycles. The third kappa shape index (κ3) is 10.4. The van der Waals surface area contributed by atoms with Gasteiger partial charge < -0.3 is 20.7 Å². The molecular formula is C27H38BrN3O5. The fraction of sp³-hybridized carbons (Fsp3) is 0.481. The van der Waals surface area contributed by atoms with E-state index in [-0.39, 0.29) is 18.2 Å². The van der Waals surface area contributed by atoms with Crippen molar-refractivity contribution in [1.29, 1.82) is 0 Å². The molecule has 3 amide bonds. The molecule has 0 aliphatic carbocycles. The number of hydrogen-bond acceptors (Lipinski definition) is 5. The Labute approximate surface area is 222 Å². The Morgan fingerprint density at radius 2 is 1.61 bits per heavy atom. The Morgan fingerprint density at radius 1 is 1.03 bits per heavy atom. The Bertz CT molecular complexity index is 1010. The zero-order valence-electron chi connectivity index (χ0n) is 22.3. The topological polar surface area (TPSA) is 114 Å². The second kappa shape index (κ2) is 14.0. The van der Waals surface area contributed by atoms with Crippen molar-refractivity contribution in [2.24, 2.45) is 11.3 Å². The van der Waals surface area contributed by atoms with E-state index in [2.05, 4.69) is 31.9 Å². The molecule has 198 valence electrons. The van der Waals surface area contributed by atoms with Gasteiger partial charge >= 0.3 is 5.97 Å². The predicted octanol–water partition coefficient (Wildman–Crippen LogP) is 4.11. The van der Waals surface area contributed by atoms with Crippen molar-refractivity contribution in [3.63, 3.8) is 0 Å². The van der Waals surface area contributed by atoms with E-state index in [9.17, 15) is 19.2 Å². The molecule has 0 bridgehead atoms. The van der Waals surface area contributed by atoms with E-state index >= 15 is 0 Å². The average molecular weight is 565 g/mol. The molecule has 1 aromatic carbocycles. The van der Waals surface area contributed by atoms with Gasteiger partial charge in [0.05, 0.1) is 12.6 Å². The molecule has 0 saturated heterocycles. The number of carbonyl (C=O) groups is 4. The van der Waals surface area contributed by atoms with Gasteiger partial charge in [0.25, 0.3) is 5.91 Å². The molecule has 8 nitrogen and oxygen atoms in total. The van der Waals surface area contributed by atoms with Gasteiger partial charge in [-0.25, -0.2) is 4.79 Å².